The summed E-state index contributed by atoms with van der Waals surface area (Å²) in [7, 11) is -3.14. The molecule has 0 heterocycles. The Labute approximate surface area is 113 Å². The van der Waals surface area contributed by atoms with Gasteiger partial charge in [-0.1, -0.05) is 15.9 Å². The molecule has 3 nitrogen and oxygen atoms in total. The average Bonchev–Trinajstić information content (AvgIpc) is 2.13. The number of aliphatic hydroxyl groups is 1. The molecule has 0 aliphatic carbocycles. The molecule has 18 heavy (non-hydrogen) atoms. The van der Waals surface area contributed by atoms with Gasteiger partial charge in [0.1, 0.15) is 21.5 Å². The van der Waals surface area contributed by atoms with Gasteiger partial charge in [-0.25, -0.2) is 17.2 Å². The highest BCUT2D eigenvalue weighted by Crippen LogP contribution is 2.27. The molecule has 7 heteroatoms. The summed E-state index contributed by atoms with van der Waals surface area (Å²) in [6, 6.07) is 2.11. The third kappa shape index (κ3) is 4.62. The van der Waals surface area contributed by atoms with E-state index in [9.17, 15) is 22.3 Å². The van der Waals surface area contributed by atoms with Crippen molar-refractivity contribution in [2.24, 2.45) is 0 Å². The number of halogens is 3. The Morgan fingerprint density at radius 1 is 1.33 bits per heavy atom. The molecular weight excluding hydrogens is 330 g/mol. The normalized spacial score (nSPS) is 13.6. The van der Waals surface area contributed by atoms with Crippen LogP contribution in [0.4, 0.5) is 8.78 Å². The Morgan fingerprint density at radius 2 is 1.83 bits per heavy atom. The van der Waals surface area contributed by atoms with Gasteiger partial charge in [0.2, 0.25) is 0 Å². The SMILES string of the molecule is CS(=O)(=O)CCCC(O)c1c(F)cc(Br)cc1F. The van der Waals surface area contributed by atoms with Crippen LogP contribution in [0.15, 0.2) is 16.6 Å². The molecule has 0 aliphatic rings. The van der Waals surface area contributed by atoms with E-state index in [-0.39, 0.29) is 23.1 Å². The Morgan fingerprint density at radius 3 is 2.28 bits per heavy atom. The number of hydrogen-bond donors (Lipinski definition) is 1. The summed E-state index contributed by atoms with van der Waals surface area (Å²) in [5.41, 5.74) is -0.424. The van der Waals surface area contributed by atoms with E-state index in [4.69, 9.17) is 0 Å². The molecular formula is C11H13BrF2O3S. The van der Waals surface area contributed by atoms with E-state index in [1.165, 1.54) is 0 Å². The van der Waals surface area contributed by atoms with Crippen LogP contribution in [0.5, 0.6) is 0 Å². The van der Waals surface area contributed by atoms with Gasteiger partial charge < -0.3 is 5.11 Å². The fourth-order valence-corrected chi connectivity index (χ4v) is 2.65. The molecule has 102 valence electrons. The minimum Gasteiger partial charge on any atom is -0.388 e. The molecule has 1 aromatic rings. The maximum atomic E-state index is 13.5. The number of hydrogen-bond acceptors (Lipinski definition) is 3. The summed E-state index contributed by atoms with van der Waals surface area (Å²) in [6.45, 7) is 0. The summed E-state index contributed by atoms with van der Waals surface area (Å²) >= 11 is 2.93. The molecule has 1 N–H and O–H groups in total. The molecule has 0 saturated carbocycles. The number of rotatable bonds is 5. The average molecular weight is 343 g/mol. The van der Waals surface area contributed by atoms with Gasteiger partial charge >= 0.3 is 0 Å². The van der Waals surface area contributed by atoms with Gasteiger partial charge in [-0.2, -0.15) is 0 Å². The minimum atomic E-state index is -3.14. The molecule has 0 spiro atoms. The van der Waals surface area contributed by atoms with Crippen molar-refractivity contribution < 1.29 is 22.3 Å². The summed E-state index contributed by atoms with van der Waals surface area (Å²) in [5, 5.41) is 9.68. The lowest BCUT2D eigenvalue weighted by Crippen LogP contribution is -2.08. The number of aliphatic hydroxyl groups excluding tert-OH is 1. The highest BCUT2D eigenvalue weighted by Gasteiger charge is 2.19. The second-order valence-electron chi connectivity index (χ2n) is 4.07. The Balaban J connectivity index is 2.76. The molecule has 1 unspecified atom stereocenters. The molecule has 0 aliphatic heterocycles. The Kier molecular flexibility index (Phi) is 5.24. The summed E-state index contributed by atoms with van der Waals surface area (Å²) in [5.74, 6) is -1.83. The van der Waals surface area contributed by atoms with E-state index in [0.29, 0.717) is 0 Å². The molecule has 1 atom stereocenters. The largest absolute Gasteiger partial charge is 0.388 e. The lowest BCUT2D eigenvalue weighted by molar-refractivity contribution is 0.157. The van der Waals surface area contributed by atoms with E-state index >= 15 is 0 Å². The van der Waals surface area contributed by atoms with E-state index < -0.39 is 33.1 Å². The van der Waals surface area contributed by atoms with Crippen molar-refractivity contribution in [2.45, 2.75) is 18.9 Å². The van der Waals surface area contributed by atoms with Crippen LogP contribution in [0.25, 0.3) is 0 Å². The van der Waals surface area contributed by atoms with Crippen LogP contribution < -0.4 is 0 Å². The van der Waals surface area contributed by atoms with Crippen LogP contribution in [0.1, 0.15) is 24.5 Å². The number of benzene rings is 1. The van der Waals surface area contributed by atoms with Crippen LogP contribution in [0.3, 0.4) is 0 Å². The first kappa shape index (κ1) is 15.5. The highest BCUT2D eigenvalue weighted by atomic mass is 79.9. The fourth-order valence-electron chi connectivity index (χ4n) is 1.55. The maximum Gasteiger partial charge on any atom is 0.147 e. The van der Waals surface area contributed by atoms with Gasteiger partial charge in [0.25, 0.3) is 0 Å². The van der Waals surface area contributed by atoms with Crippen molar-refractivity contribution in [3.63, 3.8) is 0 Å². The Bertz CT molecular complexity index is 508. The van der Waals surface area contributed by atoms with Gasteiger partial charge in [0.05, 0.1) is 11.7 Å². The van der Waals surface area contributed by atoms with Gasteiger partial charge in [-0.05, 0) is 25.0 Å². The first-order chi connectivity index (χ1) is 8.20. The van der Waals surface area contributed by atoms with E-state index in [2.05, 4.69) is 15.9 Å². The van der Waals surface area contributed by atoms with Gasteiger partial charge in [0, 0.05) is 16.5 Å². The van der Waals surface area contributed by atoms with Crippen LogP contribution in [-0.4, -0.2) is 25.5 Å². The molecule has 1 rings (SSSR count). The second kappa shape index (κ2) is 6.08. The smallest absolute Gasteiger partial charge is 0.147 e. The molecule has 0 saturated heterocycles. The fraction of sp³-hybridized carbons (Fsp3) is 0.455. The van der Waals surface area contributed by atoms with Crippen molar-refractivity contribution >= 4 is 25.8 Å². The quantitative estimate of drug-likeness (QED) is 0.894. The van der Waals surface area contributed by atoms with Crippen LogP contribution in [-0.2, 0) is 9.84 Å². The number of sulfone groups is 1. The molecule has 0 bridgehead atoms. The summed E-state index contributed by atoms with van der Waals surface area (Å²) in [4.78, 5) is 0. The molecule has 0 amide bonds. The Hall–Kier alpha value is -0.530. The molecule has 0 aromatic heterocycles. The van der Waals surface area contributed by atoms with Crippen LogP contribution in [0, 0.1) is 11.6 Å². The van der Waals surface area contributed by atoms with Crippen LogP contribution in [0.2, 0.25) is 0 Å². The maximum absolute atomic E-state index is 13.5. The minimum absolute atomic E-state index is 0.0114. The second-order valence-corrected chi connectivity index (χ2v) is 7.25. The zero-order chi connectivity index (χ0) is 13.9. The van der Waals surface area contributed by atoms with Crippen molar-refractivity contribution in [3.8, 4) is 0 Å². The van der Waals surface area contributed by atoms with Gasteiger partial charge in [0.15, 0.2) is 0 Å². The van der Waals surface area contributed by atoms with Crippen molar-refractivity contribution in [1.29, 1.82) is 0 Å². The van der Waals surface area contributed by atoms with E-state index in [1.807, 2.05) is 0 Å². The van der Waals surface area contributed by atoms with Gasteiger partial charge in [-0.3, -0.25) is 0 Å². The predicted octanol–water partition coefficient (Wildman–Crippen LogP) is 2.59. The zero-order valence-electron chi connectivity index (χ0n) is 9.66. The van der Waals surface area contributed by atoms with Gasteiger partial charge in [-0.15, -0.1) is 0 Å². The summed E-state index contributed by atoms with van der Waals surface area (Å²) < 4.78 is 49.0. The van der Waals surface area contributed by atoms with Crippen molar-refractivity contribution in [1.82, 2.24) is 0 Å². The lowest BCUT2D eigenvalue weighted by atomic mass is 10.0. The highest BCUT2D eigenvalue weighted by molar-refractivity contribution is 9.10. The standard InChI is InChI=1S/C11H13BrF2O3S/c1-18(16,17)4-2-3-10(15)11-8(13)5-7(12)6-9(11)14/h5-6,10,15H,2-4H2,1H3. The van der Waals surface area contributed by atoms with E-state index in [1.54, 1.807) is 0 Å². The predicted molar refractivity (Wildman–Crippen MR) is 68.0 cm³/mol. The first-order valence-electron chi connectivity index (χ1n) is 5.21. The molecule has 0 fully saturated rings. The van der Waals surface area contributed by atoms with Crippen molar-refractivity contribution in [2.75, 3.05) is 12.0 Å². The topological polar surface area (TPSA) is 54.4 Å². The third-order valence-corrected chi connectivity index (χ3v) is 3.86. The monoisotopic (exact) mass is 342 g/mol. The summed E-state index contributed by atoms with van der Waals surface area (Å²) in [6.07, 6.45) is -0.141. The third-order valence-electron chi connectivity index (χ3n) is 2.37. The molecule has 0 radical (unpaired) electrons. The molecule has 1 aromatic carbocycles. The van der Waals surface area contributed by atoms with E-state index in [0.717, 1.165) is 18.4 Å². The lowest BCUT2D eigenvalue weighted by Gasteiger charge is -2.13. The zero-order valence-corrected chi connectivity index (χ0v) is 12.1. The van der Waals surface area contributed by atoms with Crippen molar-refractivity contribution in [3.05, 3.63) is 33.8 Å². The van der Waals surface area contributed by atoms with Crippen LogP contribution >= 0.6 is 15.9 Å². The first-order valence-corrected chi connectivity index (χ1v) is 8.06.